The zero-order chi connectivity index (χ0) is 21.2. The Morgan fingerprint density at radius 1 is 1.03 bits per heavy atom. The van der Waals surface area contributed by atoms with Crippen LogP contribution in [-0.2, 0) is 16.0 Å². The van der Waals surface area contributed by atoms with Crippen molar-refractivity contribution < 1.29 is 14.3 Å². The molecule has 2 rings (SSSR count). The Hall–Kier alpha value is -2.66. The van der Waals surface area contributed by atoms with E-state index in [1.54, 1.807) is 31.4 Å². The molecule has 29 heavy (non-hydrogen) atoms. The number of methoxy groups -OCH3 is 1. The van der Waals surface area contributed by atoms with E-state index in [1.165, 1.54) is 5.56 Å². The molecule has 2 aromatic carbocycles. The average molecular weight is 397 g/mol. The SMILES string of the molecule is COCCCNC(=O)c1cccc(NC(=O)C(C)c2ccc(CC(C)C)cc2)c1. The molecule has 5 nitrogen and oxygen atoms in total. The molecule has 0 aliphatic rings. The first kappa shape index (κ1) is 22.6. The topological polar surface area (TPSA) is 67.4 Å². The molecule has 0 heterocycles. The Bertz CT molecular complexity index is 800. The molecule has 5 heteroatoms. The largest absolute Gasteiger partial charge is 0.385 e. The van der Waals surface area contributed by atoms with Crippen molar-refractivity contribution >= 4 is 17.5 Å². The molecule has 0 radical (unpaired) electrons. The van der Waals surface area contributed by atoms with Crippen molar-refractivity contribution in [2.45, 2.75) is 39.5 Å². The summed E-state index contributed by atoms with van der Waals surface area (Å²) in [5.74, 6) is 0.0610. The highest BCUT2D eigenvalue weighted by Gasteiger charge is 2.16. The first-order chi connectivity index (χ1) is 13.9. The van der Waals surface area contributed by atoms with Gasteiger partial charge in [-0.1, -0.05) is 44.2 Å². The van der Waals surface area contributed by atoms with E-state index in [0.717, 1.165) is 18.4 Å². The maximum absolute atomic E-state index is 12.7. The van der Waals surface area contributed by atoms with Gasteiger partial charge in [-0.05, 0) is 55.0 Å². The molecule has 0 bridgehead atoms. The minimum absolute atomic E-state index is 0.0979. The predicted molar refractivity (Wildman–Crippen MR) is 117 cm³/mol. The van der Waals surface area contributed by atoms with Crippen LogP contribution in [0.25, 0.3) is 0 Å². The molecule has 1 atom stereocenters. The molecule has 2 aromatic rings. The number of hydrogen-bond acceptors (Lipinski definition) is 3. The van der Waals surface area contributed by atoms with Crippen LogP contribution in [0, 0.1) is 5.92 Å². The van der Waals surface area contributed by atoms with E-state index < -0.39 is 0 Å². The normalized spacial score (nSPS) is 11.9. The minimum Gasteiger partial charge on any atom is -0.385 e. The van der Waals surface area contributed by atoms with Crippen molar-refractivity contribution in [2.75, 3.05) is 25.6 Å². The Morgan fingerprint density at radius 3 is 2.41 bits per heavy atom. The number of amides is 2. The van der Waals surface area contributed by atoms with Crippen LogP contribution in [0.5, 0.6) is 0 Å². The number of rotatable bonds is 10. The van der Waals surface area contributed by atoms with Crippen LogP contribution in [0.1, 0.15) is 54.6 Å². The van der Waals surface area contributed by atoms with E-state index in [2.05, 4.69) is 36.6 Å². The van der Waals surface area contributed by atoms with Crippen molar-refractivity contribution in [3.8, 4) is 0 Å². The van der Waals surface area contributed by atoms with E-state index in [-0.39, 0.29) is 17.7 Å². The van der Waals surface area contributed by atoms with E-state index in [4.69, 9.17) is 4.74 Å². The predicted octanol–water partition coefficient (Wildman–Crippen LogP) is 4.39. The maximum Gasteiger partial charge on any atom is 0.251 e. The van der Waals surface area contributed by atoms with E-state index in [9.17, 15) is 9.59 Å². The van der Waals surface area contributed by atoms with E-state index in [1.807, 2.05) is 19.1 Å². The van der Waals surface area contributed by atoms with Crippen molar-refractivity contribution in [1.82, 2.24) is 5.32 Å². The van der Waals surface area contributed by atoms with Crippen LogP contribution < -0.4 is 10.6 Å². The number of nitrogens with one attached hydrogen (secondary N) is 2. The maximum atomic E-state index is 12.7. The monoisotopic (exact) mass is 396 g/mol. The second kappa shape index (κ2) is 11.4. The molecule has 0 saturated carbocycles. The van der Waals surface area contributed by atoms with Gasteiger partial charge in [0.15, 0.2) is 0 Å². The van der Waals surface area contributed by atoms with Gasteiger partial charge in [-0.15, -0.1) is 0 Å². The lowest BCUT2D eigenvalue weighted by molar-refractivity contribution is -0.117. The number of carbonyl (C=O) groups excluding carboxylic acids is 2. The lowest BCUT2D eigenvalue weighted by atomic mass is 9.96. The summed E-state index contributed by atoms with van der Waals surface area (Å²) in [6.45, 7) is 7.43. The molecule has 1 unspecified atom stereocenters. The summed E-state index contributed by atoms with van der Waals surface area (Å²) in [6, 6.07) is 15.2. The minimum atomic E-state index is -0.283. The summed E-state index contributed by atoms with van der Waals surface area (Å²) in [5, 5.41) is 5.77. The van der Waals surface area contributed by atoms with Gasteiger partial charge < -0.3 is 15.4 Å². The van der Waals surface area contributed by atoms with Gasteiger partial charge in [0.05, 0.1) is 5.92 Å². The van der Waals surface area contributed by atoms with Crippen LogP contribution >= 0.6 is 0 Å². The van der Waals surface area contributed by atoms with Crippen LogP contribution in [0.4, 0.5) is 5.69 Å². The van der Waals surface area contributed by atoms with Crippen molar-refractivity contribution in [3.05, 3.63) is 65.2 Å². The first-order valence-electron chi connectivity index (χ1n) is 10.2. The summed E-state index contributed by atoms with van der Waals surface area (Å²) in [6.07, 6.45) is 1.79. The van der Waals surface area contributed by atoms with Crippen LogP contribution in [0.3, 0.4) is 0 Å². The highest BCUT2D eigenvalue weighted by atomic mass is 16.5. The highest BCUT2D eigenvalue weighted by Crippen LogP contribution is 2.20. The van der Waals surface area contributed by atoms with Gasteiger partial charge in [0, 0.05) is 31.5 Å². The Labute approximate surface area is 173 Å². The Kier molecular flexibility index (Phi) is 8.87. The third-order valence-electron chi connectivity index (χ3n) is 4.72. The quantitative estimate of drug-likeness (QED) is 0.585. The second-order valence-electron chi connectivity index (χ2n) is 7.73. The number of anilines is 1. The average Bonchev–Trinajstić information content (AvgIpc) is 2.71. The van der Waals surface area contributed by atoms with Gasteiger partial charge in [0.25, 0.3) is 5.91 Å². The second-order valence-corrected chi connectivity index (χ2v) is 7.73. The summed E-state index contributed by atoms with van der Waals surface area (Å²) in [4.78, 5) is 24.9. The van der Waals surface area contributed by atoms with Crippen LogP contribution in [0.2, 0.25) is 0 Å². The molecule has 2 amide bonds. The molecule has 156 valence electrons. The number of ether oxygens (including phenoxy) is 1. The molecular weight excluding hydrogens is 364 g/mol. The Balaban J connectivity index is 1.96. The summed E-state index contributed by atoms with van der Waals surface area (Å²) in [5.41, 5.74) is 3.39. The molecule has 2 N–H and O–H groups in total. The van der Waals surface area contributed by atoms with Crippen molar-refractivity contribution in [1.29, 1.82) is 0 Å². The molecular formula is C24H32N2O3. The molecule has 0 spiro atoms. The third kappa shape index (κ3) is 7.35. The fourth-order valence-electron chi connectivity index (χ4n) is 3.07. The van der Waals surface area contributed by atoms with Gasteiger partial charge in [0.1, 0.15) is 0 Å². The fourth-order valence-corrected chi connectivity index (χ4v) is 3.07. The van der Waals surface area contributed by atoms with E-state index >= 15 is 0 Å². The first-order valence-corrected chi connectivity index (χ1v) is 10.2. The lowest BCUT2D eigenvalue weighted by Crippen LogP contribution is -2.25. The summed E-state index contributed by atoms with van der Waals surface area (Å²) in [7, 11) is 1.63. The van der Waals surface area contributed by atoms with Gasteiger partial charge in [-0.2, -0.15) is 0 Å². The summed E-state index contributed by atoms with van der Waals surface area (Å²) >= 11 is 0. The smallest absolute Gasteiger partial charge is 0.251 e. The van der Waals surface area contributed by atoms with Gasteiger partial charge in [-0.25, -0.2) is 0 Å². The molecule has 0 saturated heterocycles. The van der Waals surface area contributed by atoms with Crippen LogP contribution in [-0.4, -0.2) is 32.1 Å². The Morgan fingerprint density at radius 2 is 1.76 bits per heavy atom. The van der Waals surface area contributed by atoms with Crippen molar-refractivity contribution in [2.24, 2.45) is 5.92 Å². The van der Waals surface area contributed by atoms with Crippen LogP contribution in [0.15, 0.2) is 48.5 Å². The van der Waals surface area contributed by atoms with Gasteiger partial charge >= 0.3 is 0 Å². The number of benzene rings is 2. The molecule has 0 aromatic heterocycles. The lowest BCUT2D eigenvalue weighted by Gasteiger charge is -2.14. The highest BCUT2D eigenvalue weighted by molar-refractivity contribution is 5.98. The van der Waals surface area contributed by atoms with Crippen molar-refractivity contribution in [3.63, 3.8) is 0 Å². The fraction of sp³-hybridized carbons (Fsp3) is 0.417. The third-order valence-corrected chi connectivity index (χ3v) is 4.72. The van der Waals surface area contributed by atoms with E-state index in [0.29, 0.717) is 30.3 Å². The van der Waals surface area contributed by atoms with Gasteiger partial charge in [0.2, 0.25) is 5.91 Å². The number of hydrogen-bond donors (Lipinski definition) is 2. The summed E-state index contributed by atoms with van der Waals surface area (Å²) < 4.78 is 4.98. The molecule has 0 aliphatic heterocycles. The molecule has 0 fully saturated rings. The zero-order valence-corrected chi connectivity index (χ0v) is 17.8. The van der Waals surface area contributed by atoms with Gasteiger partial charge in [-0.3, -0.25) is 9.59 Å². The standard InChI is InChI=1S/C24H32N2O3/c1-17(2)15-19-9-11-20(12-10-19)18(3)23(27)26-22-8-5-7-21(16-22)24(28)25-13-6-14-29-4/h5,7-12,16-18H,6,13-15H2,1-4H3,(H,25,28)(H,26,27). The zero-order valence-electron chi connectivity index (χ0n) is 17.8. The number of carbonyl (C=O) groups is 2. The molecule has 0 aliphatic carbocycles.